The van der Waals surface area contributed by atoms with E-state index in [-0.39, 0.29) is 18.3 Å². The molecular weight excluding hydrogens is 224 g/mol. The Morgan fingerprint density at radius 2 is 2.19 bits per heavy atom. The van der Waals surface area contributed by atoms with Crippen molar-refractivity contribution in [1.29, 1.82) is 0 Å². The van der Waals surface area contributed by atoms with E-state index in [0.717, 1.165) is 19.5 Å². The van der Waals surface area contributed by atoms with Gasteiger partial charge >= 0.3 is 0 Å². The van der Waals surface area contributed by atoms with Gasteiger partial charge < -0.3 is 10.6 Å². The fourth-order valence-electron chi connectivity index (χ4n) is 2.15. The van der Waals surface area contributed by atoms with Crippen LogP contribution in [0.25, 0.3) is 0 Å². The quantitative estimate of drug-likeness (QED) is 0.800. The molecule has 2 N–H and O–H groups in total. The Balaban J connectivity index is 0.00000225. The highest BCUT2D eigenvalue weighted by Gasteiger charge is 2.31. The monoisotopic (exact) mass is 248 g/mol. The molecule has 16 heavy (non-hydrogen) atoms. The van der Waals surface area contributed by atoms with Gasteiger partial charge in [0, 0.05) is 19.0 Å². The van der Waals surface area contributed by atoms with Crippen molar-refractivity contribution in [2.45, 2.75) is 52.5 Å². The first-order chi connectivity index (χ1) is 7.06. The van der Waals surface area contributed by atoms with Crippen LogP contribution in [-0.4, -0.2) is 25.0 Å². The Hall–Kier alpha value is -0.280. The summed E-state index contributed by atoms with van der Waals surface area (Å²) in [5.41, 5.74) is 0.303. The van der Waals surface area contributed by atoms with E-state index in [4.69, 9.17) is 0 Å². The Bertz CT molecular complexity index is 219. The standard InChI is InChI=1S/C12H24N2O.ClH/c1-4-6-11(15)14-9-10-12(2,3)7-5-8-13-10;/h10,13H,4-9H2,1-3H3,(H,14,15);1H. The Labute approximate surface area is 105 Å². The zero-order chi connectivity index (χ0) is 11.3. The third-order valence-corrected chi connectivity index (χ3v) is 3.31. The first-order valence-corrected chi connectivity index (χ1v) is 6.06. The molecule has 0 radical (unpaired) electrons. The van der Waals surface area contributed by atoms with Crippen LogP contribution in [0.3, 0.4) is 0 Å². The molecule has 0 bridgehead atoms. The van der Waals surface area contributed by atoms with Crippen molar-refractivity contribution in [3.05, 3.63) is 0 Å². The number of carbonyl (C=O) groups is 1. The number of nitrogens with one attached hydrogen (secondary N) is 2. The summed E-state index contributed by atoms with van der Waals surface area (Å²) in [7, 11) is 0. The molecule has 0 spiro atoms. The molecule has 1 heterocycles. The lowest BCUT2D eigenvalue weighted by atomic mass is 9.77. The first-order valence-electron chi connectivity index (χ1n) is 6.06. The van der Waals surface area contributed by atoms with Crippen molar-refractivity contribution in [1.82, 2.24) is 10.6 Å². The van der Waals surface area contributed by atoms with Crippen LogP contribution in [0.4, 0.5) is 0 Å². The maximum Gasteiger partial charge on any atom is 0.220 e. The SMILES string of the molecule is CCCC(=O)NCC1NCCCC1(C)C.Cl. The molecule has 1 saturated heterocycles. The van der Waals surface area contributed by atoms with Crippen LogP contribution in [0.5, 0.6) is 0 Å². The summed E-state index contributed by atoms with van der Waals surface area (Å²) in [5, 5.41) is 6.50. The van der Waals surface area contributed by atoms with E-state index in [1.165, 1.54) is 12.8 Å². The summed E-state index contributed by atoms with van der Waals surface area (Å²) in [6.07, 6.45) is 4.06. The molecule has 1 aliphatic heterocycles. The number of amides is 1. The maximum atomic E-state index is 11.4. The lowest BCUT2D eigenvalue weighted by molar-refractivity contribution is -0.121. The van der Waals surface area contributed by atoms with Crippen LogP contribution in [-0.2, 0) is 4.79 Å². The van der Waals surface area contributed by atoms with Crippen molar-refractivity contribution in [2.24, 2.45) is 5.41 Å². The molecular formula is C12H25ClN2O. The average molecular weight is 249 g/mol. The summed E-state index contributed by atoms with van der Waals surface area (Å²) in [5.74, 6) is 0.181. The molecule has 96 valence electrons. The number of piperidine rings is 1. The molecule has 1 rings (SSSR count). The average Bonchev–Trinajstić information content (AvgIpc) is 2.16. The second-order valence-electron chi connectivity index (χ2n) is 5.15. The highest BCUT2D eigenvalue weighted by molar-refractivity contribution is 5.85. The van der Waals surface area contributed by atoms with Gasteiger partial charge in [-0.15, -0.1) is 12.4 Å². The van der Waals surface area contributed by atoms with E-state index in [1.54, 1.807) is 0 Å². The minimum absolute atomic E-state index is 0. The summed E-state index contributed by atoms with van der Waals surface area (Å²) >= 11 is 0. The van der Waals surface area contributed by atoms with Crippen LogP contribution in [0.1, 0.15) is 46.5 Å². The highest BCUT2D eigenvalue weighted by atomic mass is 35.5. The fraction of sp³-hybridized carbons (Fsp3) is 0.917. The van der Waals surface area contributed by atoms with Gasteiger partial charge in [0.05, 0.1) is 0 Å². The summed E-state index contributed by atoms with van der Waals surface area (Å²) in [4.78, 5) is 11.4. The molecule has 0 aromatic carbocycles. The number of hydrogen-bond donors (Lipinski definition) is 2. The van der Waals surface area contributed by atoms with E-state index < -0.39 is 0 Å². The molecule has 1 aliphatic rings. The number of rotatable bonds is 4. The number of hydrogen-bond acceptors (Lipinski definition) is 2. The summed E-state index contributed by atoms with van der Waals surface area (Å²) in [6.45, 7) is 8.43. The van der Waals surface area contributed by atoms with Crippen molar-refractivity contribution >= 4 is 18.3 Å². The molecule has 4 heteroatoms. The summed E-state index contributed by atoms with van der Waals surface area (Å²) < 4.78 is 0. The minimum Gasteiger partial charge on any atom is -0.355 e. The molecule has 1 fully saturated rings. The van der Waals surface area contributed by atoms with Gasteiger partial charge in [-0.2, -0.15) is 0 Å². The molecule has 0 aliphatic carbocycles. The molecule has 1 amide bonds. The van der Waals surface area contributed by atoms with Gasteiger partial charge in [-0.1, -0.05) is 20.8 Å². The fourth-order valence-corrected chi connectivity index (χ4v) is 2.15. The highest BCUT2D eigenvalue weighted by Crippen LogP contribution is 2.29. The topological polar surface area (TPSA) is 41.1 Å². The first kappa shape index (κ1) is 15.7. The second kappa shape index (κ2) is 7.13. The Kier molecular flexibility index (Phi) is 7.00. The lowest BCUT2D eigenvalue weighted by Crippen LogP contribution is -2.52. The molecule has 1 unspecified atom stereocenters. The van der Waals surface area contributed by atoms with Gasteiger partial charge in [0.2, 0.25) is 5.91 Å². The second-order valence-corrected chi connectivity index (χ2v) is 5.15. The van der Waals surface area contributed by atoms with E-state index in [1.807, 2.05) is 6.92 Å². The zero-order valence-electron chi connectivity index (χ0n) is 10.6. The largest absolute Gasteiger partial charge is 0.355 e. The normalized spacial score (nSPS) is 23.3. The molecule has 0 saturated carbocycles. The van der Waals surface area contributed by atoms with Crippen molar-refractivity contribution in [3.63, 3.8) is 0 Å². The van der Waals surface area contributed by atoms with E-state index >= 15 is 0 Å². The van der Waals surface area contributed by atoms with Crippen LogP contribution in [0, 0.1) is 5.41 Å². The minimum atomic E-state index is 0. The van der Waals surface area contributed by atoms with E-state index in [2.05, 4.69) is 24.5 Å². The van der Waals surface area contributed by atoms with Crippen molar-refractivity contribution in [2.75, 3.05) is 13.1 Å². The smallest absolute Gasteiger partial charge is 0.220 e. The van der Waals surface area contributed by atoms with Crippen LogP contribution in [0.15, 0.2) is 0 Å². The van der Waals surface area contributed by atoms with Crippen LogP contribution in [0.2, 0.25) is 0 Å². The third kappa shape index (κ3) is 4.71. The zero-order valence-corrected chi connectivity index (χ0v) is 11.5. The number of halogens is 1. The Morgan fingerprint density at radius 3 is 2.75 bits per heavy atom. The van der Waals surface area contributed by atoms with Gasteiger partial charge in [-0.25, -0.2) is 0 Å². The maximum absolute atomic E-state index is 11.4. The predicted molar refractivity (Wildman–Crippen MR) is 70.0 cm³/mol. The van der Waals surface area contributed by atoms with Gasteiger partial charge in [-0.3, -0.25) is 4.79 Å². The van der Waals surface area contributed by atoms with Gasteiger partial charge in [0.15, 0.2) is 0 Å². The number of carbonyl (C=O) groups excluding carboxylic acids is 1. The van der Waals surface area contributed by atoms with E-state index in [0.29, 0.717) is 17.9 Å². The Morgan fingerprint density at radius 1 is 1.50 bits per heavy atom. The van der Waals surface area contributed by atoms with Gasteiger partial charge in [0.25, 0.3) is 0 Å². The molecule has 0 aromatic heterocycles. The molecule has 0 aromatic rings. The summed E-state index contributed by atoms with van der Waals surface area (Å²) in [6, 6.07) is 0.423. The van der Waals surface area contributed by atoms with Crippen LogP contribution >= 0.6 is 12.4 Å². The molecule has 3 nitrogen and oxygen atoms in total. The predicted octanol–water partition coefficient (Wildman–Crippen LogP) is 2.10. The lowest BCUT2D eigenvalue weighted by Gasteiger charge is -2.39. The van der Waals surface area contributed by atoms with Crippen LogP contribution < -0.4 is 10.6 Å². The van der Waals surface area contributed by atoms with Gasteiger partial charge in [0.1, 0.15) is 0 Å². The van der Waals surface area contributed by atoms with Crippen molar-refractivity contribution in [3.8, 4) is 0 Å². The molecule has 1 atom stereocenters. The van der Waals surface area contributed by atoms with Crippen molar-refractivity contribution < 1.29 is 4.79 Å². The van der Waals surface area contributed by atoms with E-state index in [9.17, 15) is 4.79 Å². The third-order valence-electron chi connectivity index (χ3n) is 3.31. The van der Waals surface area contributed by atoms with Gasteiger partial charge in [-0.05, 0) is 31.2 Å².